The van der Waals surface area contributed by atoms with Crippen LogP contribution in [0.4, 0.5) is 0 Å². The number of cyclic esters (lactones) is 1. The number of rotatable bonds is 7. The largest absolute Gasteiger partial charge is 0.462 e. The number of hydrogen-bond acceptors (Lipinski definition) is 11. The van der Waals surface area contributed by atoms with E-state index in [9.17, 15) is 19.2 Å². The van der Waals surface area contributed by atoms with E-state index in [1.807, 2.05) is 20.8 Å². The van der Waals surface area contributed by atoms with Gasteiger partial charge in [-0.3, -0.25) is 19.2 Å². The lowest BCUT2D eigenvalue weighted by Crippen LogP contribution is -2.59. The SMILES string of the molecule is CC[C@H]1CCC[C@H](OC(C)=O)[C@@H](C)C(=O)C2=C[C@H]3[C@@H]4C[C@H](O[C@@H]5O[C@@H](C)[C@H](OC)[C@@H](OC)[C@H]5OC)C[C@H]4C4CC(=O)NC4[C@H]3[C@@H]2CC(=O)O1. The molecular weight excluding hydrogens is 634 g/mol. The molecule has 274 valence electrons. The summed E-state index contributed by atoms with van der Waals surface area (Å²) in [5.41, 5.74) is 0.604. The Bertz CT molecular complexity index is 1290. The molecule has 0 aromatic carbocycles. The molecule has 2 unspecified atom stereocenters. The summed E-state index contributed by atoms with van der Waals surface area (Å²) in [6.45, 7) is 7.13. The maximum Gasteiger partial charge on any atom is 0.306 e. The van der Waals surface area contributed by atoms with Gasteiger partial charge in [0.15, 0.2) is 12.1 Å². The van der Waals surface area contributed by atoms with Crippen LogP contribution in [0.15, 0.2) is 11.6 Å². The Labute approximate surface area is 289 Å². The van der Waals surface area contributed by atoms with Crippen LogP contribution in [-0.4, -0.2) is 100 Å². The highest BCUT2D eigenvalue weighted by Gasteiger charge is 2.61. The van der Waals surface area contributed by atoms with E-state index >= 15 is 0 Å². The summed E-state index contributed by atoms with van der Waals surface area (Å²) < 4.78 is 42.1. The zero-order chi connectivity index (χ0) is 35.1. The van der Waals surface area contributed by atoms with E-state index < -0.39 is 36.3 Å². The van der Waals surface area contributed by atoms with E-state index in [1.165, 1.54) is 6.92 Å². The molecule has 5 fully saturated rings. The fourth-order valence-electron chi connectivity index (χ4n) is 10.4. The molecule has 0 aromatic heterocycles. The predicted octanol–water partition coefficient (Wildman–Crippen LogP) is 3.53. The highest BCUT2D eigenvalue weighted by atomic mass is 16.7. The smallest absolute Gasteiger partial charge is 0.306 e. The lowest BCUT2D eigenvalue weighted by atomic mass is 9.59. The fourth-order valence-corrected chi connectivity index (χ4v) is 10.4. The molecule has 12 heteroatoms. The summed E-state index contributed by atoms with van der Waals surface area (Å²) >= 11 is 0. The molecule has 49 heavy (non-hydrogen) atoms. The number of hydrogen-bond donors (Lipinski definition) is 1. The molecule has 3 aliphatic carbocycles. The quantitative estimate of drug-likeness (QED) is 0.392. The van der Waals surface area contributed by atoms with Crippen molar-refractivity contribution in [3.05, 3.63) is 11.6 Å². The van der Waals surface area contributed by atoms with Gasteiger partial charge in [-0.2, -0.15) is 0 Å². The zero-order valence-corrected chi connectivity index (χ0v) is 30.0. The molecule has 16 atom stereocenters. The van der Waals surface area contributed by atoms with Gasteiger partial charge < -0.3 is 38.5 Å². The van der Waals surface area contributed by atoms with E-state index in [0.717, 1.165) is 12.8 Å². The fraction of sp³-hybridized carbons (Fsp3) is 0.838. The third-order valence-electron chi connectivity index (χ3n) is 12.6. The van der Waals surface area contributed by atoms with Crippen LogP contribution in [0.5, 0.6) is 0 Å². The number of ketones is 1. The Kier molecular flexibility index (Phi) is 11.2. The van der Waals surface area contributed by atoms with E-state index in [0.29, 0.717) is 37.7 Å². The Balaban J connectivity index is 1.31. The van der Waals surface area contributed by atoms with Gasteiger partial charge in [-0.1, -0.05) is 19.9 Å². The topological polar surface area (TPSA) is 145 Å². The summed E-state index contributed by atoms with van der Waals surface area (Å²) in [6, 6.07) is -0.177. The van der Waals surface area contributed by atoms with Crippen molar-refractivity contribution in [2.24, 2.45) is 41.4 Å². The van der Waals surface area contributed by atoms with Gasteiger partial charge in [-0.05, 0) is 80.6 Å². The Hall–Kier alpha value is -2.38. The molecule has 0 spiro atoms. The lowest BCUT2D eigenvalue weighted by molar-refractivity contribution is -0.314. The van der Waals surface area contributed by atoms with Crippen molar-refractivity contribution >= 4 is 23.6 Å². The number of amides is 1. The first-order valence-electron chi connectivity index (χ1n) is 18.3. The highest BCUT2D eigenvalue weighted by Crippen LogP contribution is 2.60. The molecule has 3 saturated heterocycles. The van der Waals surface area contributed by atoms with Crippen LogP contribution < -0.4 is 5.32 Å². The van der Waals surface area contributed by atoms with Gasteiger partial charge in [0.25, 0.3) is 0 Å². The molecule has 12 nitrogen and oxygen atoms in total. The van der Waals surface area contributed by atoms with Crippen molar-refractivity contribution in [1.82, 2.24) is 5.32 Å². The van der Waals surface area contributed by atoms with Gasteiger partial charge >= 0.3 is 11.9 Å². The van der Waals surface area contributed by atoms with Crippen molar-refractivity contribution in [1.29, 1.82) is 0 Å². The molecule has 3 heterocycles. The molecule has 0 radical (unpaired) electrons. The molecule has 0 aromatic rings. The highest BCUT2D eigenvalue weighted by molar-refractivity contribution is 5.99. The number of allylic oxidation sites excluding steroid dienone is 2. The minimum atomic E-state index is -0.671. The lowest BCUT2D eigenvalue weighted by Gasteiger charge is -2.46. The average molecular weight is 690 g/mol. The number of Topliss-reactive ketones (excluding diaryl/α,β-unsaturated/α-hetero) is 1. The summed E-state index contributed by atoms with van der Waals surface area (Å²) in [5.74, 6) is -1.62. The molecular formula is C37H55NO11. The number of methoxy groups -OCH3 is 3. The Morgan fingerprint density at radius 2 is 1.65 bits per heavy atom. The first kappa shape index (κ1) is 36.4. The first-order valence-corrected chi connectivity index (χ1v) is 18.3. The van der Waals surface area contributed by atoms with Gasteiger partial charge in [0.1, 0.15) is 30.5 Å². The summed E-state index contributed by atoms with van der Waals surface area (Å²) in [4.78, 5) is 53.1. The third kappa shape index (κ3) is 6.97. The first-order chi connectivity index (χ1) is 23.5. The number of carbonyl (C=O) groups excluding carboxylic acids is 4. The van der Waals surface area contributed by atoms with Gasteiger partial charge in [0.05, 0.1) is 24.5 Å². The van der Waals surface area contributed by atoms with Gasteiger partial charge in [-0.25, -0.2) is 0 Å². The number of fused-ring (bicyclic) bond motifs is 8. The second kappa shape index (κ2) is 15.1. The summed E-state index contributed by atoms with van der Waals surface area (Å²) in [6.07, 6.45) is 3.37. The van der Waals surface area contributed by atoms with Gasteiger partial charge in [0, 0.05) is 46.6 Å². The standard InChI is InChI=1S/C37H55NO11/c1-8-20-10-9-11-28(47-19(4)39)17(2)33(42)27-14-24-22-12-21(49-37-36(45-7)35(44-6)34(43-5)18(3)46-37)13-23(22)26-15-29(40)38-32(26)31(24)25(27)16-30(41)48-20/h14,17-18,20-26,28,31-32,34-37H,8-13,15-16H2,1-7H3,(H,38,40)/t17-,18+,20+,21+,22-,23-,24+,25-,26?,28+,31-,32?,34+,35-,36-,37+/m1/s1. The van der Waals surface area contributed by atoms with Crippen LogP contribution in [-0.2, 0) is 52.3 Å². The van der Waals surface area contributed by atoms with Crippen molar-refractivity contribution in [3.8, 4) is 0 Å². The average Bonchev–Trinajstić information content (AvgIpc) is 3.76. The predicted molar refractivity (Wildman–Crippen MR) is 175 cm³/mol. The third-order valence-corrected chi connectivity index (χ3v) is 12.6. The minimum Gasteiger partial charge on any atom is -0.462 e. The number of nitrogens with one attached hydrogen (secondary N) is 1. The van der Waals surface area contributed by atoms with Crippen LogP contribution >= 0.6 is 0 Å². The monoisotopic (exact) mass is 689 g/mol. The molecule has 6 aliphatic rings. The molecule has 2 saturated carbocycles. The van der Waals surface area contributed by atoms with Gasteiger partial charge in [0.2, 0.25) is 5.91 Å². The van der Waals surface area contributed by atoms with E-state index in [1.54, 1.807) is 21.3 Å². The maximum absolute atomic E-state index is 14.4. The van der Waals surface area contributed by atoms with Crippen LogP contribution in [0.3, 0.4) is 0 Å². The summed E-state index contributed by atoms with van der Waals surface area (Å²) in [5, 5.41) is 3.28. The number of esters is 2. The van der Waals surface area contributed by atoms with Crippen molar-refractivity contribution in [2.75, 3.05) is 21.3 Å². The van der Waals surface area contributed by atoms with E-state index in [4.69, 9.17) is 33.2 Å². The second-order valence-corrected chi connectivity index (χ2v) is 15.2. The summed E-state index contributed by atoms with van der Waals surface area (Å²) in [7, 11) is 4.87. The minimum absolute atomic E-state index is 0.000965. The maximum atomic E-state index is 14.4. The van der Waals surface area contributed by atoms with Crippen LogP contribution in [0, 0.1) is 41.4 Å². The molecule has 0 bridgehead atoms. The molecule has 6 rings (SSSR count). The Morgan fingerprint density at radius 3 is 2.33 bits per heavy atom. The zero-order valence-electron chi connectivity index (χ0n) is 30.0. The van der Waals surface area contributed by atoms with Crippen molar-refractivity contribution in [3.63, 3.8) is 0 Å². The van der Waals surface area contributed by atoms with Crippen LogP contribution in [0.1, 0.15) is 79.1 Å². The van der Waals surface area contributed by atoms with Crippen molar-refractivity contribution in [2.45, 2.75) is 134 Å². The molecule has 3 aliphatic heterocycles. The molecule has 1 amide bonds. The second-order valence-electron chi connectivity index (χ2n) is 15.2. The van der Waals surface area contributed by atoms with E-state index in [2.05, 4.69) is 11.4 Å². The molecule has 1 N–H and O–H groups in total. The van der Waals surface area contributed by atoms with Crippen LogP contribution in [0.2, 0.25) is 0 Å². The van der Waals surface area contributed by atoms with E-state index in [-0.39, 0.29) is 90.2 Å². The van der Waals surface area contributed by atoms with Crippen molar-refractivity contribution < 1.29 is 52.3 Å². The van der Waals surface area contributed by atoms with Gasteiger partial charge in [-0.15, -0.1) is 0 Å². The Morgan fingerprint density at radius 1 is 0.939 bits per heavy atom. The number of ether oxygens (including phenoxy) is 7. The normalized spacial score (nSPS) is 45.4. The number of carbonyl (C=O) groups is 4. The van der Waals surface area contributed by atoms with Crippen LogP contribution in [0.25, 0.3) is 0 Å².